The molecule has 0 aliphatic carbocycles. The van der Waals surface area contributed by atoms with Crippen molar-refractivity contribution >= 4 is 30.6 Å². The summed E-state index contributed by atoms with van der Waals surface area (Å²) in [7, 11) is -15.1. The number of hydrogen-bond donors (Lipinski definition) is 0. The SMILES string of the molecule is CC[S+](CC)C(S(=O)(=O)C(F)(F)F)S(=O)(=O)C(F)(F)F. The molecular formula is C7H11F6O4S3+. The highest BCUT2D eigenvalue weighted by Gasteiger charge is 2.69. The summed E-state index contributed by atoms with van der Waals surface area (Å²) in [5, 5.41) is 0. The van der Waals surface area contributed by atoms with Crippen LogP contribution in [0.1, 0.15) is 13.8 Å². The molecule has 0 fully saturated rings. The van der Waals surface area contributed by atoms with E-state index in [0.29, 0.717) is 0 Å². The Morgan fingerprint density at radius 3 is 1.20 bits per heavy atom. The van der Waals surface area contributed by atoms with Gasteiger partial charge in [-0.25, -0.2) is 16.8 Å². The highest BCUT2D eigenvalue weighted by molar-refractivity contribution is 8.26. The maximum Gasteiger partial charge on any atom is 0.503 e. The van der Waals surface area contributed by atoms with Crippen LogP contribution in [0.3, 0.4) is 0 Å². The van der Waals surface area contributed by atoms with E-state index in [1.165, 1.54) is 0 Å². The van der Waals surface area contributed by atoms with Crippen molar-refractivity contribution < 1.29 is 43.2 Å². The summed E-state index contributed by atoms with van der Waals surface area (Å²) in [6, 6.07) is 0. The molecule has 0 heterocycles. The van der Waals surface area contributed by atoms with Gasteiger partial charge in [0.25, 0.3) is 0 Å². The van der Waals surface area contributed by atoms with E-state index in [1.54, 1.807) is 0 Å². The fraction of sp³-hybridized carbons (Fsp3) is 1.00. The van der Waals surface area contributed by atoms with Gasteiger partial charge in [-0.3, -0.25) is 0 Å². The van der Waals surface area contributed by atoms with Gasteiger partial charge in [-0.05, 0) is 13.8 Å². The summed E-state index contributed by atoms with van der Waals surface area (Å²) >= 11 is 0. The van der Waals surface area contributed by atoms with Gasteiger partial charge in [0, 0.05) is 10.9 Å². The van der Waals surface area contributed by atoms with Crippen LogP contribution < -0.4 is 0 Å². The van der Waals surface area contributed by atoms with Gasteiger partial charge in [0.15, 0.2) is 0 Å². The van der Waals surface area contributed by atoms with Crippen molar-refractivity contribution in [3.05, 3.63) is 0 Å². The Hall–Kier alpha value is -0.170. The Bertz CT molecular complexity index is 484. The first-order chi connectivity index (χ1) is 8.64. The number of sulfone groups is 2. The molecule has 0 radical (unpaired) electrons. The third kappa shape index (κ3) is 3.53. The minimum absolute atomic E-state index is 0.439. The standard InChI is InChI=1S/C7H11F6O4S3/c1-3-18(4-2)5(19(14,15)6(8,9)10)20(16,17)7(11,12)13/h5H,3-4H2,1-2H3/q+1. The van der Waals surface area contributed by atoms with Crippen molar-refractivity contribution in [1.82, 2.24) is 0 Å². The summed E-state index contributed by atoms with van der Waals surface area (Å²) in [6.07, 6.45) is 0. The van der Waals surface area contributed by atoms with E-state index in [4.69, 9.17) is 0 Å². The van der Waals surface area contributed by atoms with Crippen LogP contribution in [0, 0.1) is 0 Å². The van der Waals surface area contributed by atoms with Crippen molar-refractivity contribution in [2.75, 3.05) is 11.5 Å². The Labute approximate surface area is 114 Å². The van der Waals surface area contributed by atoms with Crippen LogP contribution in [0.4, 0.5) is 26.3 Å². The summed E-state index contributed by atoms with van der Waals surface area (Å²) < 4.78 is 116. The predicted octanol–water partition coefficient (Wildman–Crippen LogP) is 1.80. The van der Waals surface area contributed by atoms with Gasteiger partial charge in [-0.1, -0.05) is 0 Å². The predicted molar refractivity (Wildman–Crippen MR) is 62.2 cm³/mol. The van der Waals surface area contributed by atoms with Crippen LogP contribution in [-0.4, -0.2) is 43.3 Å². The molecule has 13 heteroatoms. The normalized spacial score (nSPS) is 15.1. The average Bonchev–Trinajstić information content (AvgIpc) is 2.21. The van der Waals surface area contributed by atoms with Crippen molar-refractivity contribution in [2.24, 2.45) is 0 Å². The van der Waals surface area contributed by atoms with Crippen molar-refractivity contribution in [3.63, 3.8) is 0 Å². The summed E-state index contributed by atoms with van der Waals surface area (Å²) in [4.78, 5) is 0. The van der Waals surface area contributed by atoms with Crippen LogP contribution in [0.15, 0.2) is 0 Å². The van der Waals surface area contributed by atoms with E-state index in [1.807, 2.05) is 0 Å². The lowest BCUT2D eigenvalue weighted by molar-refractivity contribution is -0.0461. The molecule has 122 valence electrons. The van der Waals surface area contributed by atoms with E-state index in [-0.39, 0.29) is 0 Å². The van der Waals surface area contributed by atoms with Crippen molar-refractivity contribution in [2.45, 2.75) is 28.8 Å². The molecule has 0 unspecified atom stereocenters. The van der Waals surface area contributed by atoms with Gasteiger partial charge >= 0.3 is 34.6 Å². The second-order valence-electron chi connectivity index (χ2n) is 3.38. The Morgan fingerprint density at radius 1 is 0.800 bits per heavy atom. The zero-order chi connectivity index (χ0) is 16.6. The average molecular weight is 369 g/mol. The molecule has 0 saturated heterocycles. The van der Waals surface area contributed by atoms with Gasteiger partial charge in [0.05, 0.1) is 0 Å². The zero-order valence-electron chi connectivity index (χ0n) is 10.1. The lowest BCUT2D eigenvalue weighted by Gasteiger charge is -2.20. The van der Waals surface area contributed by atoms with Gasteiger partial charge in [0.2, 0.25) is 0 Å². The molecule has 0 amide bonds. The number of halogens is 6. The fourth-order valence-electron chi connectivity index (χ4n) is 1.22. The molecule has 0 N–H and O–H groups in total. The molecule has 0 aromatic rings. The van der Waals surface area contributed by atoms with Crippen LogP contribution in [0.25, 0.3) is 0 Å². The van der Waals surface area contributed by atoms with E-state index in [2.05, 4.69) is 0 Å². The number of hydrogen-bond acceptors (Lipinski definition) is 4. The maximum absolute atomic E-state index is 12.4. The van der Waals surface area contributed by atoms with Gasteiger partial charge < -0.3 is 0 Å². The van der Waals surface area contributed by atoms with E-state index < -0.39 is 57.0 Å². The second kappa shape index (κ2) is 5.91. The fourth-order valence-corrected chi connectivity index (χ4v) is 9.75. The van der Waals surface area contributed by atoms with E-state index >= 15 is 0 Å². The summed E-state index contributed by atoms with van der Waals surface area (Å²) in [5.74, 6) is -0.877. The molecule has 0 spiro atoms. The minimum Gasteiger partial charge on any atom is -0.213 e. The van der Waals surface area contributed by atoms with Crippen LogP contribution in [0.2, 0.25) is 0 Å². The van der Waals surface area contributed by atoms with Crippen LogP contribution in [-0.2, 0) is 30.6 Å². The van der Waals surface area contributed by atoms with Crippen LogP contribution in [0.5, 0.6) is 0 Å². The molecule has 0 rings (SSSR count). The minimum atomic E-state index is -6.50. The molecule has 0 atom stereocenters. The highest BCUT2D eigenvalue weighted by Crippen LogP contribution is 2.39. The molecule has 0 aromatic heterocycles. The molecule has 0 aliphatic heterocycles. The Morgan fingerprint density at radius 2 is 1.05 bits per heavy atom. The topological polar surface area (TPSA) is 68.3 Å². The maximum atomic E-state index is 12.4. The molecular weight excluding hydrogens is 358 g/mol. The Kier molecular flexibility index (Phi) is 5.86. The zero-order valence-corrected chi connectivity index (χ0v) is 12.6. The van der Waals surface area contributed by atoms with Gasteiger partial charge in [-0.15, -0.1) is 0 Å². The van der Waals surface area contributed by atoms with Gasteiger partial charge in [-0.2, -0.15) is 26.3 Å². The Balaban J connectivity index is 6.33. The third-order valence-corrected chi connectivity index (χ3v) is 11.2. The third-order valence-electron chi connectivity index (χ3n) is 2.17. The molecule has 4 nitrogen and oxygen atoms in total. The molecule has 0 saturated carbocycles. The largest absolute Gasteiger partial charge is 0.503 e. The summed E-state index contributed by atoms with van der Waals surface area (Å²) in [5.41, 5.74) is -12.2. The van der Waals surface area contributed by atoms with Crippen LogP contribution >= 0.6 is 0 Å². The highest BCUT2D eigenvalue weighted by atomic mass is 32.3. The van der Waals surface area contributed by atoms with Crippen molar-refractivity contribution in [1.29, 1.82) is 0 Å². The first-order valence-electron chi connectivity index (χ1n) is 4.91. The molecule has 0 aromatic carbocycles. The number of alkyl halides is 6. The van der Waals surface area contributed by atoms with Crippen molar-refractivity contribution in [3.8, 4) is 0 Å². The smallest absolute Gasteiger partial charge is 0.213 e. The second-order valence-corrected chi connectivity index (χ2v) is 11.0. The summed E-state index contributed by atoms with van der Waals surface area (Å²) in [6.45, 7) is 2.24. The monoisotopic (exact) mass is 369 g/mol. The lowest BCUT2D eigenvalue weighted by Crippen LogP contribution is -2.50. The first kappa shape index (κ1) is 19.8. The quantitative estimate of drug-likeness (QED) is 0.547. The lowest BCUT2D eigenvalue weighted by atomic mass is 11.0. The van der Waals surface area contributed by atoms with E-state index in [0.717, 1.165) is 13.8 Å². The molecule has 0 bridgehead atoms. The number of rotatable bonds is 5. The van der Waals surface area contributed by atoms with Gasteiger partial charge in [0.1, 0.15) is 11.5 Å². The molecule has 20 heavy (non-hydrogen) atoms. The first-order valence-corrected chi connectivity index (χ1v) is 9.63. The van der Waals surface area contributed by atoms with E-state index in [9.17, 15) is 43.2 Å². The molecule has 0 aliphatic rings.